The van der Waals surface area contributed by atoms with Crippen LogP contribution in [0.1, 0.15) is 70.9 Å². The number of hydrogen-bond donors (Lipinski definition) is 0. The fourth-order valence-corrected chi connectivity index (χ4v) is 6.13. The first kappa shape index (κ1) is 37.1. The molecule has 1 saturated heterocycles. The molecular weight excluding hydrogens is 692 g/mol. The molecule has 1 fully saturated rings. The number of ether oxygens (including phenoxy) is 6. The molecule has 2 aromatic carbocycles. The van der Waals surface area contributed by atoms with Crippen molar-refractivity contribution in [3.05, 3.63) is 71.8 Å². The largest absolute Gasteiger partial charge is 0.454 e. The van der Waals surface area contributed by atoms with E-state index in [1.165, 1.54) is 0 Å². The van der Waals surface area contributed by atoms with E-state index >= 15 is 0 Å². The number of benzene rings is 2. The summed E-state index contributed by atoms with van der Waals surface area (Å²) in [5.74, 6) is -0.344. The third kappa shape index (κ3) is 12.1. The van der Waals surface area contributed by atoms with Gasteiger partial charge < -0.3 is 28.4 Å². The van der Waals surface area contributed by atoms with Crippen molar-refractivity contribution in [1.29, 1.82) is 0 Å². The molecule has 246 valence electrons. The number of esters is 1. The van der Waals surface area contributed by atoms with Crippen molar-refractivity contribution in [2.24, 2.45) is 5.41 Å². The standard InChI is InChI=1S/C35H50Br2O7/c1-6-29-30(41-23-25-15-9-7-10-16-25)31(42-24-26-17-11-8-12-18-26)32(44-34(38)35(2,3)4)33(43-29)40-22-14-20-28(37)27(36)19-13-21-39-5/h7-12,15-18,27-33H,6,13-14,19-24H2,1-5H3/t27?,28?,29?,30-,31-,32?,33-/m1/s1. The normalized spacial score (nSPS) is 23.7. The van der Waals surface area contributed by atoms with E-state index in [2.05, 4.69) is 38.8 Å². The zero-order valence-corrected chi connectivity index (χ0v) is 30.0. The number of carbonyl (C=O) groups is 1. The zero-order chi connectivity index (χ0) is 32.0. The first-order chi connectivity index (χ1) is 21.1. The van der Waals surface area contributed by atoms with E-state index in [9.17, 15) is 4.79 Å². The van der Waals surface area contributed by atoms with Crippen LogP contribution in [0.15, 0.2) is 60.7 Å². The molecule has 0 N–H and O–H groups in total. The first-order valence-corrected chi connectivity index (χ1v) is 17.5. The smallest absolute Gasteiger partial charge is 0.311 e. The van der Waals surface area contributed by atoms with Gasteiger partial charge >= 0.3 is 5.97 Å². The van der Waals surface area contributed by atoms with E-state index < -0.39 is 30.0 Å². The predicted octanol–water partition coefficient (Wildman–Crippen LogP) is 8.00. The van der Waals surface area contributed by atoms with E-state index in [1.54, 1.807) is 7.11 Å². The minimum absolute atomic E-state index is 0.297. The summed E-state index contributed by atoms with van der Waals surface area (Å²) in [6.45, 7) is 9.50. The average molecular weight is 743 g/mol. The molecule has 0 radical (unpaired) electrons. The van der Waals surface area contributed by atoms with Crippen LogP contribution in [-0.4, -0.2) is 66.7 Å². The lowest BCUT2D eigenvalue weighted by Crippen LogP contribution is -2.61. The molecule has 0 bridgehead atoms. The molecule has 1 aliphatic rings. The quantitative estimate of drug-likeness (QED) is 0.0872. The summed E-state index contributed by atoms with van der Waals surface area (Å²) in [5, 5.41) is 0. The second-order valence-electron chi connectivity index (χ2n) is 12.3. The van der Waals surface area contributed by atoms with Gasteiger partial charge in [0.15, 0.2) is 12.4 Å². The summed E-state index contributed by atoms with van der Waals surface area (Å²) in [6, 6.07) is 20.0. The minimum atomic E-state index is -0.813. The van der Waals surface area contributed by atoms with Crippen molar-refractivity contribution in [2.45, 2.75) is 113 Å². The van der Waals surface area contributed by atoms with Gasteiger partial charge in [-0.2, -0.15) is 0 Å². The van der Waals surface area contributed by atoms with Gasteiger partial charge in [-0.3, -0.25) is 4.79 Å². The van der Waals surface area contributed by atoms with Gasteiger partial charge in [-0.1, -0.05) is 99.4 Å². The van der Waals surface area contributed by atoms with E-state index in [0.29, 0.717) is 35.9 Å². The van der Waals surface area contributed by atoms with Crippen molar-refractivity contribution >= 4 is 37.8 Å². The summed E-state index contributed by atoms with van der Waals surface area (Å²) < 4.78 is 37.4. The predicted molar refractivity (Wildman–Crippen MR) is 180 cm³/mol. The maximum absolute atomic E-state index is 13.3. The van der Waals surface area contributed by atoms with Crippen LogP contribution < -0.4 is 0 Å². The maximum atomic E-state index is 13.3. The van der Waals surface area contributed by atoms with Gasteiger partial charge in [0.25, 0.3) is 0 Å². The van der Waals surface area contributed by atoms with Gasteiger partial charge in [0.05, 0.1) is 24.7 Å². The first-order valence-electron chi connectivity index (χ1n) is 15.7. The fourth-order valence-electron chi connectivity index (χ4n) is 4.95. The van der Waals surface area contributed by atoms with E-state index in [4.69, 9.17) is 28.4 Å². The highest BCUT2D eigenvalue weighted by molar-refractivity contribution is 9.12. The third-order valence-corrected chi connectivity index (χ3v) is 10.4. The number of methoxy groups -OCH3 is 1. The van der Waals surface area contributed by atoms with Crippen LogP contribution in [0.25, 0.3) is 0 Å². The Bertz CT molecular complexity index is 1070. The second-order valence-corrected chi connectivity index (χ2v) is 14.6. The Kier molecular flexibility index (Phi) is 16.3. The highest BCUT2D eigenvalue weighted by atomic mass is 79.9. The lowest BCUT2D eigenvalue weighted by atomic mass is 9.94. The van der Waals surface area contributed by atoms with Gasteiger partial charge in [0.1, 0.15) is 12.2 Å². The van der Waals surface area contributed by atoms with Crippen LogP contribution in [0, 0.1) is 5.41 Å². The molecular formula is C35H50Br2O7. The average Bonchev–Trinajstić information content (AvgIpc) is 3.02. The van der Waals surface area contributed by atoms with Crippen molar-refractivity contribution < 1.29 is 33.2 Å². The Morgan fingerprint density at radius 1 is 0.795 bits per heavy atom. The van der Waals surface area contributed by atoms with Crippen LogP contribution in [0.4, 0.5) is 0 Å². The van der Waals surface area contributed by atoms with Crippen LogP contribution in [0.5, 0.6) is 0 Å². The SMILES string of the molecule is CCC1O[C@@H](OCCCC(Br)C(Br)CCCOC)C(OC(=O)C(C)(C)C)[C@H](OCc2ccccc2)[C@@H]1OCc1ccccc1. The van der Waals surface area contributed by atoms with Gasteiger partial charge in [0, 0.05) is 30.0 Å². The Labute approximate surface area is 280 Å². The molecule has 9 heteroatoms. The van der Waals surface area contributed by atoms with Gasteiger partial charge in [-0.05, 0) is 64.0 Å². The van der Waals surface area contributed by atoms with Crippen molar-refractivity contribution in [3.8, 4) is 0 Å². The molecule has 0 aliphatic carbocycles. The third-order valence-electron chi connectivity index (χ3n) is 7.55. The molecule has 0 saturated carbocycles. The van der Waals surface area contributed by atoms with Crippen LogP contribution in [0.2, 0.25) is 0 Å². The summed E-state index contributed by atoms with van der Waals surface area (Å²) in [4.78, 5) is 13.9. The minimum Gasteiger partial charge on any atom is -0.454 e. The Morgan fingerprint density at radius 2 is 1.32 bits per heavy atom. The molecule has 44 heavy (non-hydrogen) atoms. The van der Waals surface area contributed by atoms with E-state index in [1.807, 2.05) is 81.4 Å². The number of carbonyl (C=O) groups excluding carboxylic acids is 1. The summed E-state index contributed by atoms with van der Waals surface area (Å²) in [7, 11) is 1.73. The zero-order valence-electron chi connectivity index (χ0n) is 26.8. The maximum Gasteiger partial charge on any atom is 0.311 e. The van der Waals surface area contributed by atoms with Gasteiger partial charge in [0.2, 0.25) is 0 Å². The summed E-state index contributed by atoms with van der Waals surface area (Å²) >= 11 is 7.63. The number of hydrogen-bond acceptors (Lipinski definition) is 7. The van der Waals surface area contributed by atoms with Crippen molar-refractivity contribution in [2.75, 3.05) is 20.3 Å². The lowest BCUT2D eigenvalue weighted by Gasteiger charge is -2.46. The summed E-state index contributed by atoms with van der Waals surface area (Å²) in [6.07, 6.45) is 1.41. The highest BCUT2D eigenvalue weighted by Crippen LogP contribution is 2.33. The number of alkyl halides is 2. The van der Waals surface area contributed by atoms with Gasteiger partial charge in [-0.25, -0.2) is 0 Å². The Hall–Kier alpha value is -1.33. The van der Waals surface area contributed by atoms with E-state index in [0.717, 1.165) is 43.4 Å². The monoisotopic (exact) mass is 740 g/mol. The molecule has 0 aromatic heterocycles. The molecule has 1 heterocycles. The fraction of sp³-hybridized carbons (Fsp3) is 0.629. The van der Waals surface area contributed by atoms with Crippen molar-refractivity contribution in [3.63, 3.8) is 0 Å². The topological polar surface area (TPSA) is 72.5 Å². The molecule has 0 amide bonds. The lowest BCUT2D eigenvalue weighted by molar-refractivity contribution is -0.317. The number of rotatable bonds is 18. The van der Waals surface area contributed by atoms with E-state index in [-0.39, 0.29) is 12.1 Å². The number of halogens is 2. The second kappa shape index (κ2) is 19.4. The van der Waals surface area contributed by atoms with Crippen LogP contribution in [-0.2, 0) is 46.4 Å². The summed E-state index contributed by atoms with van der Waals surface area (Å²) in [5.41, 5.74) is 1.35. The Balaban J connectivity index is 1.79. The molecule has 7 atom stereocenters. The molecule has 1 aliphatic heterocycles. The van der Waals surface area contributed by atoms with Crippen molar-refractivity contribution in [1.82, 2.24) is 0 Å². The Morgan fingerprint density at radius 3 is 1.82 bits per heavy atom. The molecule has 0 spiro atoms. The molecule has 4 unspecified atom stereocenters. The molecule has 3 rings (SSSR count). The van der Waals surface area contributed by atoms with Crippen LogP contribution in [0.3, 0.4) is 0 Å². The molecule has 2 aromatic rings. The van der Waals surface area contributed by atoms with Gasteiger partial charge in [-0.15, -0.1) is 0 Å². The highest BCUT2D eigenvalue weighted by Gasteiger charge is 2.50. The van der Waals surface area contributed by atoms with Crippen LogP contribution >= 0.6 is 31.9 Å². The molecule has 7 nitrogen and oxygen atoms in total.